The van der Waals surface area contributed by atoms with Gasteiger partial charge in [-0.25, -0.2) is 0 Å². The third-order valence-electron chi connectivity index (χ3n) is 3.63. The normalized spacial score (nSPS) is 15.3. The number of carbonyl (C=O) groups is 2. The molecular weight excluding hydrogens is 266 g/mol. The van der Waals surface area contributed by atoms with E-state index in [1.807, 2.05) is 6.92 Å². The van der Waals surface area contributed by atoms with Gasteiger partial charge in [0.15, 0.2) is 0 Å². The molecule has 1 fully saturated rings. The predicted molar refractivity (Wildman–Crippen MR) is 83.0 cm³/mol. The van der Waals surface area contributed by atoms with E-state index in [0.29, 0.717) is 30.1 Å². The molecule has 1 aromatic rings. The molecule has 1 atom stereocenters. The summed E-state index contributed by atoms with van der Waals surface area (Å²) in [6, 6.07) is 6.95. The number of benzene rings is 1. The number of anilines is 1. The average molecular weight is 289 g/mol. The molecule has 0 saturated heterocycles. The number of rotatable bonds is 7. The molecule has 5 nitrogen and oxygen atoms in total. The Bertz CT molecular complexity index is 512. The standard InChI is InChI=1S/C16H23N3O2/c1-2-9-18-16(21)12-5-3-4-6-14(12)19-15(20)10-13(17)11-7-8-11/h3-6,11,13H,2,7-10,17H2,1H3,(H,18,21)(H,19,20). The maximum Gasteiger partial charge on any atom is 0.253 e. The second-order valence-electron chi connectivity index (χ2n) is 5.56. The van der Waals surface area contributed by atoms with Gasteiger partial charge in [-0.2, -0.15) is 0 Å². The molecule has 2 rings (SSSR count). The fourth-order valence-corrected chi connectivity index (χ4v) is 2.23. The van der Waals surface area contributed by atoms with Gasteiger partial charge in [0.1, 0.15) is 0 Å². The van der Waals surface area contributed by atoms with E-state index in [9.17, 15) is 9.59 Å². The van der Waals surface area contributed by atoms with Crippen molar-refractivity contribution in [3.05, 3.63) is 29.8 Å². The van der Waals surface area contributed by atoms with Crippen molar-refractivity contribution in [1.29, 1.82) is 0 Å². The summed E-state index contributed by atoms with van der Waals surface area (Å²) in [5.41, 5.74) is 6.98. The molecule has 114 valence electrons. The van der Waals surface area contributed by atoms with Crippen molar-refractivity contribution >= 4 is 17.5 Å². The van der Waals surface area contributed by atoms with Gasteiger partial charge in [0, 0.05) is 19.0 Å². The van der Waals surface area contributed by atoms with Crippen LogP contribution in [0.3, 0.4) is 0 Å². The zero-order valence-corrected chi connectivity index (χ0v) is 12.4. The topological polar surface area (TPSA) is 84.2 Å². The molecule has 0 radical (unpaired) electrons. The lowest BCUT2D eigenvalue weighted by atomic mass is 10.1. The van der Waals surface area contributed by atoms with E-state index in [2.05, 4.69) is 10.6 Å². The fraction of sp³-hybridized carbons (Fsp3) is 0.500. The lowest BCUT2D eigenvalue weighted by Gasteiger charge is -2.13. The van der Waals surface area contributed by atoms with Crippen LogP contribution in [0.25, 0.3) is 0 Å². The van der Waals surface area contributed by atoms with Crippen LogP contribution in [-0.4, -0.2) is 24.4 Å². The Balaban J connectivity index is 1.98. The second kappa shape index (κ2) is 7.22. The Hall–Kier alpha value is -1.88. The lowest BCUT2D eigenvalue weighted by Crippen LogP contribution is -2.30. The van der Waals surface area contributed by atoms with Crippen LogP contribution in [0.2, 0.25) is 0 Å². The minimum absolute atomic E-state index is 0.0777. The van der Waals surface area contributed by atoms with Crippen molar-refractivity contribution in [2.75, 3.05) is 11.9 Å². The Morgan fingerprint density at radius 1 is 1.33 bits per heavy atom. The second-order valence-corrected chi connectivity index (χ2v) is 5.56. The zero-order valence-electron chi connectivity index (χ0n) is 12.4. The molecule has 1 aliphatic rings. The van der Waals surface area contributed by atoms with E-state index in [0.717, 1.165) is 19.3 Å². The van der Waals surface area contributed by atoms with E-state index in [1.165, 1.54) is 0 Å². The van der Waals surface area contributed by atoms with Crippen LogP contribution in [-0.2, 0) is 4.79 Å². The number of nitrogens with one attached hydrogen (secondary N) is 2. The third-order valence-corrected chi connectivity index (χ3v) is 3.63. The molecule has 1 aromatic carbocycles. The summed E-state index contributed by atoms with van der Waals surface area (Å²) in [5, 5.41) is 5.62. The highest BCUT2D eigenvalue weighted by atomic mass is 16.2. The number of para-hydroxylation sites is 1. The van der Waals surface area contributed by atoms with Crippen molar-refractivity contribution in [1.82, 2.24) is 5.32 Å². The van der Waals surface area contributed by atoms with Gasteiger partial charge in [-0.1, -0.05) is 19.1 Å². The van der Waals surface area contributed by atoms with Crippen LogP contribution < -0.4 is 16.4 Å². The van der Waals surface area contributed by atoms with Crippen LogP contribution in [0.4, 0.5) is 5.69 Å². The van der Waals surface area contributed by atoms with E-state index >= 15 is 0 Å². The zero-order chi connectivity index (χ0) is 15.2. The van der Waals surface area contributed by atoms with E-state index in [1.54, 1.807) is 24.3 Å². The Labute approximate surface area is 125 Å². The van der Waals surface area contributed by atoms with Crippen LogP contribution in [0, 0.1) is 5.92 Å². The molecule has 2 amide bonds. The average Bonchev–Trinajstić information content (AvgIpc) is 3.29. The third kappa shape index (κ3) is 4.56. The summed E-state index contributed by atoms with van der Waals surface area (Å²) in [6.45, 7) is 2.61. The minimum Gasteiger partial charge on any atom is -0.352 e. The molecular formula is C16H23N3O2. The van der Waals surface area contributed by atoms with E-state index < -0.39 is 0 Å². The summed E-state index contributed by atoms with van der Waals surface area (Å²) in [5.74, 6) is 0.184. The molecule has 1 saturated carbocycles. The van der Waals surface area contributed by atoms with Gasteiger partial charge in [0.2, 0.25) is 5.91 Å². The minimum atomic E-state index is -0.167. The summed E-state index contributed by atoms with van der Waals surface area (Å²) in [7, 11) is 0. The quantitative estimate of drug-likeness (QED) is 0.716. The van der Waals surface area contributed by atoms with Gasteiger partial charge in [-0.15, -0.1) is 0 Å². The predicted octanol–water partition coefficient (Wildman–Crippen LogP) is 1.89. The van der Waals surface area contributed by atoms with Crippen molar-refractivity contribution < 1.29 is 9.59 Å². The van der Waals surface area contributed by atoms with Gasteiger partial charge >= 0.3 is 0 Å². The van der Waals surface area contributed by atoms with Crippen molar-refractivity contribution in [3.8, 4) is 0 Å². The summed E-state index contributed by atoms with van der Waals surface area (Å²) < 4.78 is 0. The van der Waals surface area contributed by atoms with Crippen LogP contribution in [0.5, 0.6) is 0 Å². The van der Waals surface area contributed by atoms with E-state index in [-0.39, 0.29) is 17.9 Å². The molecule has 0 bridgehead atoms. The Morgan fingerprint density at radius 3 is 2.71 bits per heavy atom. The molecule has 4 N–H and O–H groups in total. The first kappa shape index (κ1) is 15.5. The number of hydrogen-bond acceptors (Lipinski definition) is 3. The number of hydrogen-bond donors (Lipinski definition) is 3. The highest BCUT2D eigenvalue weighted by Gasteiger charge is 2.29. The van der Waals surface area contributed by atoms with Crippen LogP contribution in [0.15, 0.2) is 24.3 Å². The summed E-state index contributed by atoms with van der Waals surface area (Å²) in [6.07, 6.45) is 3.40. The van der Waals surface area contributed by atoms with Crippen molar-refractivity contribution in [2.24, 2.45) is 11.7 Å². The van der Waals surface area contributed by atoms with Gasteiger partial charge in [0.25, 0.3) is 5.91 Å². The first-order valence-corrected chi connectivity index (χ1v) is 7.54. The number of nitrogens with two attached hydrogens (primary N) is 1. The summed E-state index contributed by atoms with van der Waals surface area (Å²) >= 11 is 0. The molecule has 1 unspecified atom stereocenters. The van der Waals surface area contributed by atoms with Gasteiger partial charge in [0.05, 0.1) is 11.3 Å². The van der Waals surface area contributed by atoms with Crippen molar-refractivity contribution in [3.63, 3.8) is 0 Å². The highest BCUT2D eigenvalue weighted by molar-refractivity contribution is 6.03. The molecule has 0 aliphatic heterocycles. The molecule has 1 aliphatic carbocycles. The van der Waals surface area contributed by atoms with Crippen LogP contribution in [0.1, 0.15) is 43.0 Å². The maximum absolute atomic E-state index is 12.1. The monoisotopic (exact) mass is 289 g/mol. The summed E-state index contributed by atoms with van der Waals surface area (Å²) in [4.78, 5) is 24.1. The Kier molecular flexibility index (Phi) is 5.33. The SMILES string of the molecule is CCCNC(=O)c1ccccc1NC(=O)CC(N)C1CC1. The fourth-order valence-electron chi connectivity index (χ4n) is 2.23. The lowest BCUT2D eigenvalue weighted by molar-refractivity contribution is -0.116. The first-order valence-electron chi connectivity index (χ1n) is 7.54. The Morgan fingerprint density at radius 2 is 2.05 bits per heavy atom. The number of amides is 2. The maximum atomic E-state index is 12.1. The van der Waals surface area contributed by atoms with Gasteiger partial charge in [-0.05, 0) is 37.3 Å². The number of carbonyl (C=O) groups excluding carboxylic acids is 2. The molecule has 5 heteroatoms. The molecule has 0 spiro atoms. The molecule has 0 aromatic heterocycles. The van der Waals surface area contributed by atoms with Crippen molar-refractivity contribution in [2.45, 2.75) is 38.6 Å². The largest absolute Gasteiger partial charge is 0.352 e. The molecule has 0 heterocycles. The highest BCUT2D eigenvalue weighted by Crippen LogP contribution is 2.32. The van der Waals surface area contributed by atoms with E-state index in [4.69, 9.17) is 5.73 Å². The smallest absolute Gasteiger partial charge is 0.253 e. The van der Waals surface area contributed by atoms with Gasteiger partial charge < -0.3 is 16.4 Å². The van der Waals surface area contributed by atoms with Crippen LogP contribution >= 0.6 is 0 Å². The van der Waals surface area contributed by atoms with Gasteiger partial charge in [-0.3, -0.25) is 9.59 Å². The first-order chi connectivity index (χ1) is 10.1. The molecule has 21 heavy (non-hydrogen) atoms.